The highest BCUT2D eigenvalue weighted by molar-refractivity contribution is 5.76. The van der Waals surface area contributed by atoms with E-state index in [-0.39, 0.29) is 5.41 Å². The van der Waals surface area contributed by atoms with Gasteiger partial charge >= 0.3 is 0 Å². The molecule has 2 rings (SSSR count). The summed E-state index contributed by atoms with van der Waals surface area (Å²) in [6.45, 7) is 0. The van der Waals surface area contributed by atoms with Crippen molar-refractivity contribution in [1.82, 2.24) is 0 Å². The number of fused-ring (bicyclic) bond motifs is 1. The second-order valence-electron chi connectivity index (χ2n) is 5.35. The SMILES string of the molecule is N#CCCC1=CC(CCC#N)(CCC#N)c2ccccc21. The van der Waals surface area contributed by atoms with E-state index in [1.165, 1.54) is 16.7 Å². The summed E-state index contributed by atoms with van der Waals surface area (Å²) in [5, 5.41) is 26.7. The molecule has 0 unspecified atom stereocenters. The summed E-state index contributed by atoms with van der Waals surface area (Å²) >= 11 is 0. The predicted molar refractivity (Wildman–Crippen MR) is 80.6 cm³/mol. The molecule has 0 aromatic heterocycles. The van der Waals surface area contributed by atoms with Gasteiger partial charge in [-0.15, -0.1) is 0 Å². The van der Waals surface area contributed by atoms with Gasteiger partial charge in [0.05, 0.1) is 18.2 Å². The Hall–Kier alpha value is -2.57. The van der Waals surface area contributed by atoms with Crippen LogP contribution in [0, 0.1) is 34.0 Å². The first kappa shape index (κ1) is 14.8. The number of hydrogen-bond acceptors (Lipinski definition) is 3. The molecular weight excluding hydrogens is 258 g/mol. The molecule has 1 aromatic carbocycles. The first-order chi connectivity index (χ1) is 10.3. The minimum atomic E-state index is -0.215. The van der Waals surface area contributed by atoms with Crippen molar-refractivity contribution in [2.75, 3.05) is 0 Å². The van der Waals surface area contributed by atoms with Crippen LogP contribution < -0.4 is 0 Å². The van der Waals surface area contributed by atoms with Crippen LogP contribution in [-0.4, -0.2) is 0 Å². The zero-order valence-electron chi connectivity index (χ0n) is 12.0. The van der Waals surface area contributed by atoms with Gasteiger partial charge in [0.25, 0.3) is 0 Å². The van der Waals surface area contributed by atoms with Gasteiger partial charge in [0.2, 0.25) is 0 Å². The third kappa shape index (κ3) is 2.96. The number of allylic oxidation sites excluding steroid dienone is 2. The van der Waals surface area contributed by atoms with Gasteiger partial charge in [-0.05, 0) is 36.0 Å². The molecule has 0 bridgehead atoms. The van der Waals surface area contributed by atoms with Crippen LogP contribution in [0.25, 0.3) is 5.57 Å². The molecule has 3 nitrogen and oxygen atoms in total. The Kier molecular flexibility index (Phi) is 4.76. The fourth-order valence-corrected chi connectivity index (χ4v) is 3.18. The van der Waals surface area contributed by atoms with Crippen LogP contribution >= 0.6 is 0 Å². The number of nitrogens with zero attached hydrogens (tertiary/aromatic N) is 3. The fraction of sp³-hybridized carbons (Fsp3) is 0.389. The smallest absolute Gasteiger partial charge is 0.0625 e. The third-order valence-corrected chi connectivity index (χ3v) is 4.13. The largest absolute Gasteiger partial charge is 0.198 e. The Bertz CT molecular complexity index is 647. The summed E-state index contributed by atoms with van der Waals surface area (Å²) in [5.74, 6) is 0. The number of nitriles is 3. The standard InChI is InChI=1S/C18H17N3/c19-11-3-6-15-14-18(9-4-12-20,10-5-13-21)17-8-2-1-7-16(15)17/h1-2,7-8,14H,3-6,9-10H2. The summed E-state index contributed by atoms with van der Waals surface area (Å²) < 4.78 is 0. The normalized spacial score (nSPS) is 14.4. The number of rotatable bonds is 6. The lowest BCUT2D eigenvalue weighted by Gasteiger charge is -2.27. The summed E-state index contributed by atoms with van der Waals surface area (Å²) in [6, 6.07) is 14.8. The van der Waals surface area contributed by atoms with Crippen molar-refractivity contribution in [3.8, 4) is 18.2 Å². The lowest BCUT2D eigenvalue weighted by molar-refractivity contribution is 0.471. The van der Waals surface area contributed by atoms with Crippen molar-refractivity contribution < 1.29 is 0 Å². The molecule has 0 N–H and O–H groups in total. The zero-order valence-corrected chi connectivity index (χ0v) is 12.0. The molecule has 1 aromatic rings. The maximum absolute atomic E-state index is 8.94. The van der Waals surface area contributed by atoms with E-state index in [2.05, 4.69) is 36.4 Å². The van der Waals surface area contributed by atoms with Crippen LogP contribution in [0.3, 0.4) is 0 Å². The second-order valence-corrected chi connectivity index (χ2v) is 5.35. The van der Waals surface area contributed by atoms with Gasteiger partial charge in [-0.2, -0.15) is 15.8 Å². The Morgan fingerprint density at radius 1 is 0.857 bits per heavy atom. The first-order valence-corrected chi connectivity index (χ1v) is 7.20. The van der Waals surface area contributed by atoms with Gasteiger partial charge in [-0.3, -0.25) is 0 Å². The molecule has 0 radical (unpaired) electrons. The maximum atomic E-state index is 8.94. The summed E-state index contributed by atoms with van der Waals surface area (Å²) in [5.41, 5.74) is 3.36. The Labute approximate surface area is 125 Å². The highest BCUT2D eigenvalue weighted by atomic mass is 14.4. The molecule has 0 saturated heterocycles. The minimum Gasteiger partial charge on any atom is -0.198 e. The monoisotopic (exact) mass is 275 g/mol. The van der Waals surface area contributed by atoms with Gasteiger partial charge in [0, 0.05) is 24.7 Å². The molecule has 1 aliphatic carbocycles. The lowest BCUT2D eigenvalue weighted by atomic mass is 9.75. The van der Waals surface area contributed by atoms with Crippen LogP contribution in [0.1, 0.15) is 49.7 Å². The van der Waals surface area contributed by atoms with Gasteiger partial charge in [0.1, 0.15) is 0 Å². The topological polar surface area (TPSA) is 71.4 Å². The van der Waals surface area contributed by atoms with Crippen LogP contribution in [0.5, 0.6) is 0 Å². The molecule has 0 heterocycles. The molecule has 0 atom stereocenters. The van der Waals surface area contributed by atoms with Gasteiger partial charge in [-0.25, -0.2) is 0 Å². The van der Waals surface area contributed by atoms with Gasteiger partial charge < -0.3 is 0 Å². The van der Waals surface area contributed by atoms with Crippen molar-refractivity contribution in [2.24, 2.45) is 0 Å². The van der Waals surface area contributed by atoms with E-state index in [0.717, 1.165) is 19.3 Å². The fourth-order valence-electron chi connectivity index (χ4n) is 3.18. The summed E-state index contributed by atoms with van der Waals surface area (Å²) in [6.07, 6.45) is 5.85. The van der Waals surface area contributed by atoms with E-state index in [0.29, 0.717) is 19.3 Å². The minimum absolute atomic E-state index is 0.215. The molecule has 0 saturated carbocycles. The van der Waals surface area contributed by atoms with E-state index < -0.39 is 0 Å². The Morgan fingerprint density at radius 2 is 1.48 bits per heavy atom. The van der Waals surface area contributed by atoms with E-state index in [1.807, 2.05) is 12.1 Å². The van der Waals surface area contributed by atoms with Crippen molar-refractivity contribution >= 4 is 5.57 Å². The average molecular weight is 275 g/mol. The van der Waals surface area contributed by atoms with Crippen LogP contribution in [0.2, 0.25) is 0 Å². The van der Waals surface area contributed by atoms with E-state index in [4.69, 9.17) is 15.8 Å². The predicted octanol–water partition coefficient (Wildman–Crippen LogP) is 4.23. The molecule has 21 heavy (non-hydrogen) atoms. The second kappa shape index (κ2) is 6.74. The molecule has 1 aliphatic rings. The van der Waals surface area contributed by atoms with Crippen LogP contribution in [-0.2, 0) is 5.41 Å². The quantitative estimate of drug-likeness (QED) is 0.779. The molecule has 0 amide bonds. The van der Waals surface area contributed by atoms with Crippen molar-refractivity contribution in [2.45, 2.75) is 43.9 Å². The summed E-state index contributed by atoms with van der Waals surface area (Å²) in [4.78, 5) is 0. The molecule has 104 valence electrons. The Morgan fingerprint density at radius 3 is 2.10 bits per heavy atom. The van der Waals surface area contributed by atoms with E-state index in [9.17, 15) is 0 Å². The molecule has 3 heteroatoms. The molecule has 0 spiro atoms. The zero-order chi connectivity index (χ0) is 15.1. The van der Waals surface area contributed by atoms with E-state index >= 15 is 0 Å². The van der Waals surface area contributed by atoms with Crippen LogP contribution in [0.4, 0.5) is 0 Å². The number of benzene rings is 1. The lowest BCUT2D eigenvalue weighted by Crippen LogP contribution is -2.21. The summed E-state index contributed by atoms with van der Waals surface area (Å²) in [7, 11) is 0. The Balaban J connectivity index is 2.43. The number of hydrogen-bond donors (Lipinski definition) is 0. The maximum Gasteiger partial charge on any atom is 0.0625 e. The van der Waals surface area contributed by atoms with Crippen LogP contribution in [0.15, 0.2) is 30.3 Å². The van der Waals surface area contributed by atoms with Gasteiger partial charge in [0.15, 0.2) is 0 Å². The molecule has 0 fully saturated rings. The van der Waals surface area contributed by atoms with Crippen molar-refractivity contribution in [1.29, 1.82) is 15.8 Å². The highest BCUT2D eigenvalue weighted by Crippen LogP contribution is 2.47. The average Bonchev–Trinajstić information content (AvgIpc) is 2.84. The highest BCUT2D eigenvalue weighted by Gasteiger charge is 2.36. The first-order valence-electron chi connectivity index (χ1n) is 7.20. The van der Waals surface area contributed by atoms with Crippen molar-refractivity contribution in [3.63, 3.8) is 0 Å². The van der Waals surface area contributed by atoms with Crippen molar-refractivity contribution in [3.05, 3.63) is 41.5 Å². The third-order valence-electron chi connectivity index (χ3n) is 4.13. The van der Waals surface area contributed by atoms with Gasteiger partial charge in [-0.1, -0.05) is 30.3 Å². The van der Waals surface area contributed by atoms with E-state index in [1.54, 1.807) is 0 Å². The molecular formula is C18H17N3. The molecule has 0 aliphatic heterocycles.